The molecule has 0 spiro atoms. The average molecular weight is 316 g/mol. The molecule has 5 heteroatoms. The molecule has 0 radical (unpaired) electrons. The Hall–Kier alpha value is -2.43. The molecule has 3 N–H and O–H groups in total. The Labute approximate surface area is 135 Å². The van der Waals surface area contributed by atoms with E-state index in [9.17, 15) is 9.18 Å². The molecular weight excluding hydrogens is 295 g/mol. The van der Waals surface area contributed by atoms with Crippen molar-refractivity contribution in [3.05, 3.63) is 58.5 Å². The van der Waals surface area contributed by atoms with Gasteiger partial charge >= 0.3 is 0 Å². The maximum atomic E-state index is 14.4. The number of ether oxygens (including phenoxy) is 1. The number of allylic oxidation sites excluding steroid dienone is 2. The van der Waals surface area contributed by atoms with Crippen molar-refractivity contribution in [1.29, 1.82) is 5.41 Å². The number of hydrogen-bond donors (Lipinski definition) is 2. The van der Waals surface area contributed by atoms with Crippen molar-refractivity contribution in [2.24, 2.45) is 5.73 Å². The van der Waals surface area contributed by atoms with Crippen LogP contribution in [0.15, 0.2) is 47.4 Å². The maximum absolute atomic E-state index is 14.4. The topological polar surface area (TPSA) is 76.2 Å². The Morgan fingerprint density at radius 1 is 1.35 bits per heavy atom. The zero-order valence-corrected chi connectivity index (χ0v) is 13.3. The first-order valence-electron chi connectivity index (χ1n) is 7.53. The van der Waals surface area contributed by atoms with Gasteiger partial charge in [-0.05, 0) is 25.0 Å². The summed E-state index contributed by atoms with van der Waals surface area (Å²) in [6.45, 7) is 3.21. The second kappa shape index (κ2) is 7.22. The maximum Gasteiger partial charge on any atom is 0.243 e. The fourth-order valence-corrected chi connectivity index (χ4v) is 2.56. The minimum Gasteiger partial charge on any atom is -0.483 e. The van der Waals surface area contributed by atoms with Crippen LogP contribution in [0.25, 0.3) is 0 Å². The Morgan fingerprint density at radius 3 is 2.52 bits per heavy atom. The van der Waals surface area contributed by atoms with Gasteiger partial charge in [-0.3, -0.25) is 4.79 Å². The first-order chi connectivity index (χ1) is 11.0. The number of rotatable bonds is 5. The molecule has 0 saturated carbocycles. The monoisotopic (exact) mass is 316 g/mol. The molecule has 0 aromatic heterocycles. The van der Waals surface area contributed by atoms with Gasteiger partial charge in [0.05, 0.1) is 5.70 Å². The van der Waals surface area contributed by atoms with Crippen LogP contribution in [0.2, 0.25) is 0 Å². The number of fused-ring (bicyclic) bond motifs is 1. The first-order valence-corrected chi connectivity index (χ1v) is 7.53. The fraction of sp³-hybridized carbons (Fsp3) is 0.333. The molecule has 0 amide bonds. The lowest BCUT2D eigenvalue weighted by molar-refractivity contribution is -0.117. The Kier molecular flexibility index (Phi) is 5.32. The van der Waals surface area contributed by atoms with E-state index in [0.717, 1.165) is 17.3 Å². The zero-order chi connectivity index (χ0) is 17.0. The molecule has 1 aliphatic carbocycles. The van der Waals surface area contributed by atoms with Gasteiger partial charge in [-0.1, -0.05) is 30.3 Å². The predicted molar refractivity (Wildman–Crippen MR) is 88.1 cm³/mol. The van der Waals surface area contributed by atoms with Gasteiger partial charge in [-0.25, -0.2) is 4.39 Å². The number of hydrogen-bond acceptors (Lipinski definition) is 4. The van der Waals surface area contributed by atoms with Crippen LogP contribution in [-0.4, -0.2) is 24.3 Å². The number of halogens is 1. The van der Waals surface area contributed by atoms with Gasteiger partial charge in [0.1, 0.15) is 12.3 Å². The second-order valence-corrected chi connectivity index (χ2v) is 5.58. The van der Waals surface area contributed by atoms with Gasteiger partial charge in [0.25, 0.3) is 0 Å². The minimum atomic E-state index is -1.21. The predicted octanol–water partition coefficient (Wildman–Crippen LogP) is 2.86. The third-order valence-electron chi connectivity index (χ3n) is 3.98. The second-order valence-electron chi connectivity index (χ2n) is 5.58. The highest BCUT2D eigenvalue weighted by atomic mass is 19.1. The molecule has 0 saturated heterocycles. The molecule has 1 aromatic carbocycles. The summed E-state index contributed by atoms with van der Waals surface area (Å²) in [5.41, 5.74) is 7.99. The van der Waals surface area contributed by atoms with Gasteiger partial charge in [0, 0.05) is 24.6 Å². The van der Waals surface area contributed by atoms with Crippen molar-refractivity contribution >= 4 is 12.0 Å². The molecule has 1 aromatic rings. The smallest absolute Gasteiger partial charge is 0.243 e. The van der Waals surface area contributed by atoms with Crippen LogP contribution in [0.3, 0.4) is 0 Å². The van der Waals surface area contributed by atoms with Gasteiger partial charge < -0.3 is 15.9 Å². The Morgan fingerprint density at radius 2 is 1.96 bits per heavy atom. The first kappa shape index (κ1) is 16.9. The Balaban J connectivity index is 2.28. The Bertz CT molecular complexity index is 679. The SMILES string of the molecule is C/C=C(/N)C(=O)/C(OC1Cc2ccccc2CC1F)=C(/C)C=N. The van der Waals surface area contributed by atoms with Crippen molar-refractivity contribution in [3.8, 4) is 0 Å². The summed E-state index contributed by atoms with van der Waals surface area (Å²) in [4.78, 5) is 12.3. The zero-order valence-electron chi connectivity index (χ0n) is 13.3. The number of alkyl halides is 1. The summed E-state index contributed by atoms with van der Waals surface area (Å²) in [7, 11) is 0. The fourth-order valence-electron chi connectivity index (χ4n) is 2.56. The van der Waals surface area contributed by atoms with Crippen molar-refractivity contribution in [1.82, 2.24) is 0 Å². The number of carbonyl (C=O) groups excluding carboxylic acids is 1. The van der Waals surface area contributed by atoms with E-state index < -0.39 is 18.1 Å². The summed E-state index contributed by atoms with van der Waals surface area (Å²) >= 11 is 0. The van der Waals surface area contributed by atoms with Crippen LogP contribution in [-0.2, 0) is 22.4 Å². The number of Topliss-reactive ketones (excluding diaryl/α,β-unsaturated/α-hetero) is 1. The van der Waals surface area contributed by atoms with Gasteiger partial charge in [-0.15, -0.1) is 0 Å². The molecule has 0 bridgehead atoms. The third-order valence-corrected chi connectivity index (χ3v) is 3.98. The molecule has 1 aliphatic rings. The van der Waals surface area contributed by atoms with Crippen molar-refractivity contribution in [2.45, 2.75) is 39.0 Å². The van der Waals surface area contributed by atoms with Gasteiger partial charge in [0.2, 0.25) is 5.78 Å². The van der Waals surface area contributed by atoms with Crippen LogP contribution in [0, 0.1) is 5.41 Å². The largest absolute Gasteiger partial charge is 0.483 e. The summed E-state index contributed by atoms with van der Waals surface area (Å²) in [6.07, 6.45) is 1.15. The number of nitrogens with one attached hydrogen (secondary N) is 1. The molecule has 4 nitrogen and oxygen atoms in total. The molecule has 122 valence electrons. The third kappa shape index (κ3) is 3.67. The van der Waals surface area contributed by atoms with E-state index in [2.05, 4.69) is 0 Å². The van der Waals surface area contributed by atoms with Crippen LogP contribution >= 0.6 is 0 Å². The summed E-state index contributed by atoms with van der Waals surface area (Å²) in [5, 5.41) is 7.35. The lowest BCUT2D eigenvalue weighted by atomic mass is 9.88. The number of ketones is 1. The molecule has 2 atom stereocenters. The van der Waals surface area contributed by atoms with Gasteiger partial charge in [-0.2, -0.15) is 0 Å². The van der Waals surface area contributed by atoms with Crippen molar-refractivity contribution in [2.75, 3.05) is 0 Å². The van der Waals surface area contributed by atoms with Crippen molar-refractivity contribution in [3.63, 3.8) is 0 Å². The van der Waals surface area contributed by atoms with Crippen LogP contribution in [0.1, 0.15) is 25.0 Å². The lowest BCUT2D eigenvalue weighted by Gasteiger charge is -2.29. The highest BCUT2D eigenvalue weighted by Crippen LogP contribution is 2.28. The van der Waals surface area contributed by atoms with E-state index in [1.54, 1.807) is 13.8 Å². The summed E-state index contributed by atoms with van der Waals surface area (Å²) in [6, 6.07) is 7.62. The lowest BCUT2D eigenvalue weighted by Crippen LogP contribution is -2.35. The van der Waals surface area contributed by atoms with E-state index in [4.69, 9.17) is 15.9 Å². The average Bonchev–Trinajstić information content (AvgIpc) is 2.57. The highest BCUT2D eigenvalue weighted by Gasteiger charge is 2.32. The van der Waals surface area contributed by atoms with Crippen molar-refractivity contribution < 1.29 is 13.9 Å². The molecule has 0 fully saturated rings. The van der Waals surface area contributed by atoms with Crippen LogP contribution in [0.4, 0.5) is 4.39 Å². The molecule has 0 heterocycles. The number of benzene rings is 1. The molecule has 0 aliphatic heterocycles. The van der Waals surface area contributed by atoms with E-state index in [1.807, 2.05) is 24.3 Å². The molecular formula is C18H21FN2O2. The summed E-state index contributed by atoms with van der Waals surface area (Å²) < 4.78 is 20.1. The number of carbonyl (C=O) groups is 1. The minimum absolute atomic E-state index is 0.0211. The van der Waals surface area contributed by atoms with Gasteiger partial charge in [0.15, 0.2) is 5.76 Å². The van der Waals surface area contributed by atoms with E-state index in [-0.39, 0.29) is 17.9 Å². The number of nitrogens with two attached hydrogens (primary N) is 1. The standard InChI is InChI=1S/C18H21FN2O2/c1-3-15(21)17(22)18(11(2)10-20)23-16-9-13-7-5-4-6-12(13)8-14(16)19/h3-7,10,14,16,20H,8-9,21H2,1-2H3/b15-3+,18-11+,20-10?. The molecule has 2 unspecified atom stereocenters. The summed E-state index contributed by atoms with van der Waals surface area (Å²) in [5.74, 6) is -0.567. The van der Waals surface area contributed by atoms with E-state index in [0.29, 0.717) is 12.0 Å². The van der Waals surface area contributed by atoms with Crippen LogP contribution < -0.4 is 5.73 Å². The normalized spacial score (nSPS) is 22.0. The highest BCUT2D eigenvalue weighted by molar-refractivity contribution is 6.08. The van der Waals surface area contributed by atoms with E-state index in [1.165, 1.54) is 6.08 Å². The van der Waals surface area contributed by atoms with E-state index >= 15 is 0 Å². The molecule has 2 rings (SSSR count). The van der Waals surface area contributed by atoms with Crippen LogP contribution in [0.5, 0.6) is 0 Å². The molecule has 23 heavy (non-hydrogen) atoms. The quantitative estimate of drug-likeness (QED) is 0.498.